The van der Waals surface area contributed by atoms with Crippen LogP contribution in [0.5, 0.6) is 0 Å². The van der Waals surface area contributed by atoms with Crippen molar-refractivity contribution in [3.63, 3.8) is 0 Å². The van der Waals surface area contributed by atoms with Gasteiger partial charge in [0.2, 0.25) is 0 Å². The van der Waals surface area contributed by atoms with Crippen molar-refractivity contribution in [2.75, 3.05) is 0 Å². The van der Waals surface area contributed by atoms with Crippen LogP contribution in [0.15, 0.2) is 99.8 Å². The van der Waals surface area contributed by atoms with Crippen LogP contribution in [0, 0.1) is 0 Å². The second kappa shape index (κ2) is 13.9. The standard InChI is InChI=1S/C45H38B10N2O2/c46-35-33(36(47)40(51)43(54)39(35)50)26-17-25(56-45(57-26)34-37(48)41(52)44(55)42(53)38(34)49)22-9-5-11-29-32(22)23-14-19(12-13-27(23)58-29)20-15-24-30(16-20)59-28-10-4-8-21(31(24)28)18-6-2-1-3-7-18/h1-17,20H,46-55H2. The third-order valence-electron chi connectivity index (χ3n) is 13.9. The summed E-state index contributed by atoms with van der Waals surface area (Å²) in [6.45, 7) is 0. The fourth-order valence-corrected chi connectivity index (χ4v) is 9.73. The molecule has 6 aromatic carbocycles. The minimum atomic E-state index is 0.0497. The molecule has 1 aliphatic carbocycles. The highest BCUT2D eigenvalue weighted by atomic mass is 16.3. The lowest BCUT2D eigenvalue weighted by Gasteiger charge is -2.22. The van der Waals surface area contributed by atoms with Gasteiger partial charge in [-0.15, -0.1) is 32.8 Å². The van der Waals surface area contributed by atoms with E-state index in [1.54, 1.807) is 0 Å². The Morgan fingerprint density at radius 1 is 0.441 bits per heavy atom. The maximum Gasteiger partial charge on any atom is 0.159 e. The first-order chi connectivity index (χ1) is 28.4. The molecule has 0 bridgehead atoms. The largest absolute Gasteiger partial charge is 0.456 e. The number of hydrogen-bond donors (Lipinski definition) is 0. The van der Waals surface area contributed by atoms with Gasteiger partial charge in [0.05, 0.1) is 11.4 Å². The van der Waals surface area contributed by atoms with Crippen molar-refractivity contribution in [1.29, 1.82) is 0 Å². The lowest BCUT2D eigenvalue weighted by Crippen LogP contribution is -2.55. The zero-order valence-corrected chi connectivity index (χ0v) is 35.6. The Morgan fingerprint density at radius 2 is 1.02 bits per heavy atom. The van der Waals surface area contributed by atoms with Crippen molar-refractivity contribution in [3.05, 3.63) is 107 Å². The van der Waals surface area contributed by atoms with Gasteiger partial charge in [0.25, 0.3) is 0 Å². The maximum absolute atomic E-state index is 6.61. The van der Waals surface area contributed by atoms with E-state index in [-0.39, 0.29) is 5.92 Å². The topological polar surface area (TPSA) is 52.1 Å². The first-order valence-corrected chi connectivity index (χ1v) is 20.7. The number of furan rings is 2. The van der Waals surface area contributed by atoms with Crippen molar-refractivity contribution >= 4 is 178 Å². The minimum absolute atomic E-state index is 0.0497. The fourth-order valence-electron chi connectivity index (χ4n) is 9.73. The molecule has 3 heterocycles. The Labute approximate surface area is 353 Å². The van der Waals surface area contributed by atoms with E-state index in [9.17, 15) is 0 Å². The summed E-state index contributed by atoms with van der Waals surface area (Å²) in [5, 5.41) is 4.44. The van der Waals surface area contributed by atoms with Gasteiger partial charge < -0.3 is 8.83 Å². The summed E-state index contributed by atoms with van der Waals surface area (Å²) in [6.07, 6.45) is 4.61. The van der Waals surface area contributed by atoms with Crippen molar-refractivity contribution in [1.82, 2.24) is 9.97 Å². The van der Waals surface area contributed by atoms with Crippen LogP contribution >= 0.6 is 0 Å². The minimum Gasteiger partial charge on any atom is -0.456 e. The Kier molecular flexibility index (Phi) is 8.79. The van der Waals surface area contributed by atoms with Crippen LogP contribution in [0.25, 0.3) is 90.1 Å². The normalized spacial score (nSPS) is 13.5. The molecule has 14 heteroatoms. The van der Waals surface area contributed by atoms with Gasteiger partial charge in [-0.3, -0.25) is 0 Å². The second-order valence-electron chi connectivity index (χ2n) is 16.8. The zero-order chi connectivity index (χ0) is 41.0. The van der Waals surface area contributed by atoms with Crippen LogP contribution in [-0.2, 0) is 0 Å². The lowest BCUT2D eigenvalue weighted by molar-refractivity contribution is 0.576. The van der Waals surface area contributed by atoms with E-state index in [1.165, 1.54) is 76.9 Å². The van der Waals surface area contributed by atoms with Gasteiger partial charge >= 0.3 is 0 Å². The van der Waals surface area contributed by atoms with E-state index in [0.717, 1.165) is 71.9 Å². The predicted octanol–water partition coefficient (Wildman–Crippen LogP) is -7.27. The van der Waals surface area contributed by atoms with Gasteiger partial charge in [0.1, 0.15) is 101 Å². The van der Waals surface area contributed by atoms with Gasteiger partial charge in [0, 0.05) is 38.4 Å². The summed E-state index contributed by atoms with van der Waals surface area (Å²) in [4.78, 5) is 11.0. The Bertz CT molecular complexity index is 3270. The number of aromatic nitrogens is 2. The SMILES string of the molecule is Bc1c(B)c(B)c(-c2cc(-c3cccc4oc5ccc(C6C=c7oc8cccc(-c9ccccc9)c8c7=C6)cc5c34)nc(-c3c(B)c(B)c(B)c(B)c3B)n2)c(B)c1B. The molecule has 1 aliphatic rings. The van der Waals surface area contributed by atoms with E-state index in [0.29, 0.717) is 0 Å². The number of rotatable bonds is 5. The van der Waals surface area contributed by atoms with Crippen LogP contribution in [0.2, 0.25) is 0 Å². The highest BCUT2D eigenvalue weighted by Gasteiger charge is 2.24. The molecule has 0 aliphatic heterocycles. The van der Waals surface area contributed by atoms with Crippen molar-refractivity contribution in [2.24, 2.45) is 0 Å². The summed E-state index contributed by atoms with van der Waals surface area (Å²) < 4.78 is 13.1. The molecule has 3 aromatic heterocycles. The summed E-state index contributed by atoms with van der Waals surface area (Å²) >= 11 is 0. The Hall–Kier alpha value is -5.87. The molecular formula is C45H38B10N2O2. The fraction of sp³-hybridized carbons (Fsp3) is 0.0222. The van der Waals surface area contributed by atoms with E-state index >= 15 is 0 Å². The van der Waals surface area contributed by atoms with Crippen LogP contribution < -0.4 is 65.3 Å². The van der Waals surface area contributed by atoms with Crippen LogP contribution in [0.1, 0.15) is 11.5 Å². The van der Waals surface area contributed by atoms with Gasteiger partial charge in [0.15, 0.2) is 5.82 Å². The number of hydrogen-bond acceptors (Lipinski definition) is 4. The molecule has 59 heavy (non-hydrogen) atoms. The molecule has 10 rings (SSSR count). The molecule has 0 spiro atoms. The summed E-state index contributed by atoms with van der Waals surface area (Å²) in [5.41, 5.74) is 25.0. The van der Waals surface area contributed by atoms with Gasteiger partial charge in [-0.05, 0) is 58.7 Å². The molecule has 1 atom stereocenters. The van der Waals surface area contributed by atoms with Crippen LogP contribution in [0.3, 0.4) is 0 Å². The molecule has 0 saturated carbocycles. The number of fused-ring (bicyclic) bond motifs is 6. The maximum atomic E-state index is 6.61. The predicted molar refractivity (Wildman–Crippen MR) is 280 cm³/mol. The molecule has 0 N–H and O–H groups in total. The first kappa shape index (κ1) is 37.4. The quantitative estimate of drug-likeness (QED) is 0.165. The highest BCUT2D eigenvalue weighted by Crippen LogP contribution is 2.39. The second-order valence-corrected chi connectivity index (χ2v) is 16.8. The monoisotopic (exact) mass is 748 g/mol. The lowest BCUT2D eigenvalue weighted by atomic mass is 9.60. The van der Waals surface area contributed by atoms with Gasteiger partial charge in [-0.25, -0.2) is 9.97 Å². The summed E-state index contributed by atoms with van der Waals surface area (Å²) in [7, 11) is 22.3. The average Bonchev–Trinajstić information content (AvgIpc) is 3.95. The molecule has 9 aromatic rings. The summed E-state index contributed by atoms with van der Waals surface area (Å²) in [6, 6.07) is 32.1. The van der Waals surface area contributed by atoms with Crippen molar-refractivity contribution in [2.45, 2.75) is 5.92 Å². The molecule has 270 valence electrons. The van der Waals surface area contributed by atoms with E-state index in [1.807, 2.05) is 0 Å². The Balaban J connectivity index is 1.19. The van der Waals surface area contributed by atoms with Gasteiger partial charge in [-0.2, -0.15) is 0 Å². The van der Waals surface area contributed by atoms with Crippen molar-refractivity contribution < 1.29 is 8.83 Å². The third kappa shape index (κ3) is 5.74. The van der Waals surface area contributed by atoms with Gasteiger partial charge in [-0.1, -0.05) is 88.6 Å². The molecule has 0 radical (unpaired) electrons. The van der Waals surface area contributed by atoms with Crippen molar-refractivity contribution in [3.8, 4) is 45.0 Å². The number of benzene rings is 6. The molecule has 0 fully saturated rings. The zero-order valence-electron chi connectivity index (χ0n) is 35.6. The van der Waals surface area contributed by atoms with Crippen LogP contribution in [-0.4, -0.2) is 88.4 Å². The molecular weight excluding hydrogens is 709 g/mol. The van der Waals surface area contributed by atoms with E-state index in [4.69, 9.17) is 18.8 Å². The highest BCUT2D eigenvalue weighted by molar-refractivity contribution is 6.70. The Morgan fingerprint density at radius 3 is 1.68 bits per heavy atom. The van der Waals surface area contributed by atoms with E-state index in [2.05, 4.69) is 182 Å². The molecule has 1 unspecified atom stereocenters. The summed E-state index contributed by atoms with van der Waals surface area (Å²) in [5.74, 6) is 0.804. The molecule has 4 nitrogen and oxygen atoms in total. The first-order valence-electron chi connectivity index (χ1n) is 20.7. The van der Waals surface area contributed by atoms with E-state index < -0.39 is 0 Å². The molecule has 0 amide bonds. The third-order valence-corrected chi connectivity index (χ3v) is 13.9. The average molecular weight is 747 g/mol. The smallest absolute Gasteiger partial charge is 0.159 e. The molecule has 0 saturated heterocycles. The number of nitrogens with zero attached hydrogens (tertiary/aromatic N) is 2. The van der Waals surface area contributed by atoms with Crippen LogP contribution in [0.4, 0.5) is 0 Å².